The Bertz CT molecular complexity index is 92.0. The Morgan fingerprint density at radius 2 is 2.25 bits per heavy atom. The fraction of sp³-hybridized carbons (Fsp3) is 0.250. The molecule has 0 radical (unpaired) electrons. The van der Waals surface area contributed by atoms with Gasteiger partial charge in [0.25, 0.3) is 0 Å². The van der Waals surface area contributed by atoms with Crippen molar-refractivity contribution in [3.63, 3.8) is 0 Å². The number of rotatable bonds is 2. The SMILES string of the molecule is O=C(O)/C=C/CCl.[Hg]. The maximum atomic E-state index is 9.61. The summed E-state index contributed by atoms with van der Waals surface area (Å²) in [6.07, 6.45) is 2.37. The van der Waals surface area contributed by atoms with Gasteiger partial charge < -0.3 is 5.11 Å². The van der Waals surface area contributed by atoms with Gasteiger partial charge in [-0.25, -0.2) is 4.79 Å². The summed E-state index contributed by atoms with van der Waals surface area (Å²) in [5.74, 6) is -0.701. The summed E-state index contributed by atoms with van der Waals surface area (Å²) in [6, 6.07) is 0. The summed E-state index contributed by atoms with van der Waals surface area (Å²) in [5, 5.41) is 7.90. The average molecular weight is 321 g/mol. The average Bonchev–Trinajstić information content (AvgIpc) is 1.61. The molecule has 2 nitrogen and oxygen atoms in total. The Balaban J connectivity index is 0. The van der Waals surface area contributed by atoms with Crippen LogP contribution in [0.3, 0.4) is 0 Å². The van der Waals surface area contributed by atoms with Gasteiger partial charge in [0.15, 0.2) is 0 Å². The van der Waals surface area contributed by atoms with Crippen molar-refractivity contribution in [1.29, 1.82) is 0 Å². The first-order chi connectivity index (χ1) is 3.27. The summed E-state index contributed by atoms with van der Waals surface area (Å²) in [7, 11) is 0. The van der Waals surface area contributed by atoms with Crippen LogP contribution < -0.4 is 0 Å². The fourth-order valence-corrected chi connectivity index (χ4v) is 0.234. The molecule has 0 aliphatic rings. The van der Waals surface area contributed by atoms with Gasteiger partial charge >= 0.3 is 5.97 Å². The molecule has 0 atom stereocenters. The molecular weight excluding hydrogens is 316 g/mol. The van der Waals surface area contributed by atoms with Crippen LogP contribution in [0.15, 0.2) is 12.2 Å². The van der Waals surface area contributed by atoms with Gasteiger partial charge in [-0.1, -0.05) is 6.08 Å². The van der Waals surface area contributed by atoms with E-state index >= 15 is 0 Å². The van der Waals surface area contributed by atoms with Crippen molar-refractivity contribution in [2.24, 2.45) is 0 Å². The van der Waals surface area contributed by atoms with Crippen LogP contribution >= 0.6 is 11.6 Å². The van der Waals surface area contributed by atoms with Crippen molar-refractivity contribution in [3.05, 3.63) is 12.2 Å². The van der Waals surface area contributed by atoms with Gasteiger partial charge in [0.2, 0.25) is 0 Å². The van der Waals surface area contributed by atoms with Crippen LogP contribution in [0, 0.1) is 0 Å². The number of carboxylic acid groups (broad SMARTS) is 1. The standard InChI is InChI=1S/C4H5ClO2.Hg/c5-3-1-2-4(6)7;/h1-2H,3H2,(H,6,7);/b2-1+;. The van der Waals surface area contributed by atoms with Crippen LogP contribution in [-0.4, -0.2) is 17.0 Å². The summed E-state index contributed by atoms with van der Waals surface area (Å²) in [5.41, 5.74) is 0. The molecular formula is C4H5ClHgO2. The molecule has 0 aliphatic carbocycles. The van der Waals surface area contributed by atoms with Crippen LogP contribution in [0.5, 0.6) is 0 Å². The minimum Gasteiger partial charge on any atom is -0.478 e. The molecule has 0 saturated carbocycles. The van der Waals surface area contributed by atoms with E-state index in [1.807, 2.05) is 0 Å². The molecule has 0 bridgehead atoms. The third-order valence-corrected chi connectivity index (χ3v) is 0.528. The first-order valence-corrected chi connectivity index (χ1v) is 2.26. The van der Waals surface area contributed by atoms with Gasteiger partial charge in [0.05, 0.1) is 0 Å². The second kappa shape index (κ2) is 7.44. The molecule has 8 heavy (non-hydrogen) atoms. The van der Waals surface area contributed by atoms with E-state index in [2.05, 4.69) is 0 Å². The van der Waals surface area contributed by atoms with E-state index in [4.69, 9.17) is 16.7 Å². The number of allylic oxidation sites excluding steroid dienone is 1. The van der Waals surface area contributed by atoms with Crippen LogP contribution in [0.4, 0.5) is 0 Å². The second-order valence-corrected chi connectivity index (χ2v) is 1.20. The minimum atomic E-state index is -0.958. The van der Waals surface area contributed by atoms with E-state index in [1.54, 1.807) is 0 Å². The van der Waals surface area contributed by atoms with Crippen molar-refractivity contribution in [3.8, 4) is 0 Å². The van der Waals surface area contributed by atoms with Gasteiger partial charge in [0.1, 0.15) is 0 Å². The molecule has 0 spiro atoms. The molecule has 0 amide bonds. The predicted octanol–water partition coefficient (Wildman–Crippen LogP) is 0.864. The van der Waals surface area contributed by atoms with Gasteiger partial charge in [-0.2, -0.15) is 0 Å². The first kappa shape index (κ1) is 11.3. The van der Waals surface area contributed by atoms with Crippen molar-refractivity contribution in [2.45, 2.75) is 0 Å². The quantitative estimate of drug-likeness (QED) is 0.465. The van der Waals surface area contributed by atoms with Crippen LogP contribution in [0.2, 0.25) is 0 Å². The van der Waals surface area contributed by atoms with E-state index in [0.717, 1.165) is 6.08 Å². The topological polar surface area (TPSA) is 37.3 Å². The first-order valence-electron chi connectivity index (χ1n) is 1.73. The van der Waals surface area contributed by atoms with Crippen LogP contribution in [0.25, 0.3) is 0 Å². The van der Waals surface area contributed by atoms with E-state index < -0.39 is 5.97 Å². The normalized spacial score (nSPS) is 8.62. The zero-order valence-electron chi connectivity index (χ0n) is 4.30. The summed E-state index contributed by atoms with van der Waals surface area (Å²) in [6.45, 7) is 0. The number of alkyl halides is 1. The van der Waals surface area contributed by atoms with Gasteiger partial charge in [0, 0.05) is 39.6 Å². The molecule has 0 saturated heterocycles. The number of hydrogen-bond donors (Lipinski definition) is 1. The maximum Gasteiger partial charge on any atom is 0.328 e. The Hall–Kier alpha value is 0.435. The second-order valence-electron chi connectivity index (χ2n) is 0.895. The zero-order chi connectivity index (χ0) is 5.70. The summed E-state index contributed by atoms with van der Waals surface area (Å²) in [4.78, 5) is 9.61. The predicted molar refractivity (Wildman–Crippen MR) is 27.5 cm³/mol. The number of carboxylic acids is 1. The monoisotopic (exact) mass is 322 g/mol. The maximum absolute atomic E-state index is 9.61. The molecule has 4 heteroatoms. The van der Waals surface area contributed by atoms with Crippen molar-refractivity contribution >= 4 is 17.6 Å². The molecule has 0 aliphatic heterocycles. The third-order valence-electron chi connectivity index (χ3n) is 0.350. The van der Waals surface area contributed by atoms with Gasteiger partial charge in [-0.3, -0.25) is 0 Å². The minimum absolute atomic E-state index is 0. The Morgan fingerprint density at radius 1 is 1.75 bits per heavy atom. The fourth-order valence-electron chi connectivity index (χ4n) is 0.145. The Morgan fingerprint density at radius 3 is 2.38 bits per heavy atom. The Kier molecular flexibility index (Phi) is 10.5. The summed E-state index contributed by atoms with van der Waals surface area (Å²) >= 11 is 5.10. The third kappa shape index (κ3) is 9.66. The van der Waals surface area contributed by atoms with E-state index in [1.165, 1.54) is 6.08 Å². The molecule has 0 aromatic carbocycles. The van der Waals surface area contributed by atoms with Crippen molar-refractivity contribution < 1.29 is 37.6 Å². The molecule has 0 unspecified atom stereocenters. The molecule has 42 valence electrons. The van der Waals surface area contributed by atoms with E-state index in [-0.39, 0.29) is 33.5 Å². The van der Waals surface area contributed by atoms with Crippen molar-refractivity contribution in [1.82, 2.24) is 0 Å². The van der Waals surface area contributed by atoms with E-state index in [9.17, 15) is 4.79 Å². The van der Waals surface area contributed by atoms with Gasteiger partial charge in [-0.05, 0) is 0 Å². The van der Waals surface area contributed by atoms with Gasteiger partial charge in [-0.15, -0.1) is 11.6 Å². The summed E-state index contributed by atoms with van der Waals surface area (Å²) < 4.78 is 0. The Labute approximate surface area is 73.0 Å². The largest absolute Gasteiger partial charge is 0.478 e. The van der Waals surface area contributed by atoms with Crippen LogP contribution in [0.1, 0.15) is 0 Å². The van der Waals surface area contributed by atoms with Crippen LogP contribution in [-0.2, 0) is 32.5 Å². The smallest absolute Gasteiger partial charge is 0.328 e. The number of aliphatic carboxylic acids is 1. The van der Waals surface area contributed by atoms with Crippen molar-refractivity contribution in [2.75, 3.05) is 5.88 Å². The van der Waals surface area contributed by atoms with E-state index in [0.29, 0.717) is 0 Å². The molecule has 1 N–H and O–H groups in total. The zero-order valence-corrected chi connectivity index (χ0v) is 10.6. The molecule has 0 aromatic rings. The molecule has 0 heterocycles. The number of carbonyl (C=O) groups is 1. The molecule has 0 rings (SSSR count). The molecule has 0 aromatic heterocycles. The molecule has 0 fully saturated rings. The number of halogens is 1. The number of hydrogen-bond acceptors (Lipinski definition) is 1.